The molecule has 5 heteroatoms. The van der Waals surface area contributed by atoms with E-state index in [0.717, 1.165) is 42.0 Å². The third kappa shape index (κ3) is 3.98. The van der Waals surface area contributed by atoms with Crippen molar-refractivity contribution in [2.24, 2.45) is 0 Å². The number of carbonyl (C=O) groups excluding carboxylic acids is 1. The lowest BCUT2D eigenvalue weighted by molar-refractivity contribution is 0.0599. The average molecular weight is 405 g/mol. The van der Waals surface area contributed by atoms with Crippen LogP contribution in [0, 0.1) is 0 Å². The summed E-state index contributed by atoms with van der Waals surface area (Å²) in [5, 5.41) is 15.4. The van der Waals surface area contributed by atoms with Crippen molar-refractivity contribution in [1.82, 2.24) is 5.32 Å². The zero-order valence-corrected chi connectivity index (χ0v) is 17.4. The summed E-state index contributed by atoms with van der Waals surface area (Å²) in [6.07, 6.45) is 4.09. The van der Waals surface area contributed by atoms with Gasteiger partial charge < -0.3 is 19.9 Å². The second kappa shape index (κ2) is 8.76. The molecule has 0 radical (unpaired) electrons. The van der Waals surface area contributed by atoms with Gasteiger partial charge in [0.1, 0.15) is 11.5 Å². The van der Waals surface area contributed by atoms with Crippen LogP contribution in [0.2, 0.25) is 0 Å². The van der Waals surface area contributed by atoms with E-state index in [1.807, 2.05) is 42.5 Å². The van der Waals surface area contributed by atoms with E-state index in [4.69, 9.17) is 9.47 Å². The fraction of sp³-hybridized carbons (Fsp3) is 0.320. The number of benzene rings is 3. The van der Waals surface area contributed by atoms with Crippen molar-refractivity contribution in [3.05, 3.63) is 60.2 Å². The average Bonchev–Trinajstić information content (AvgIpc) is 2.79. The topological polar surface area (TPSA) is 67.8 Å². The molecule has 0 aliphatic heterocycles. The van der Waals surface area contributed by atoms with E-state index >= 15 is 0 Å². The fourth-order valence-corrected chi connectivity index (χ4v) is 4.31. The van der Waals surface area contributed by atoms with E-state index in [9.17, 15) is 9.90 Å². The highest BCUT2D eigenvalue weighted by atomic mass is 16.5. The maximum Gasteiger partial charge on any atom is 0.252 e. The van der Waals surface area contributed by atoms with Crippen LogP contribution < -0.4 is 10.1 Å². The van der Waals surface area contributed by atoms with Crippen molar-refractivity contribution < 1.29 is 19.4 Å². The smallest absolute Gasteiger partial charge is 0.252 e. The Morgan fingerprint density at radius 3 is 2.40 bits per heavy atom. The van der Waals surface area contributed by atoms with Crippen molar-refractivity contribution in [3.63, 3.8) is 0 Å². The zero-order chi connectivity index (χ0) is 21.1. The molecule has 3 aromatic carbocycles. The summed E-state index contributed by atoms with van der Waals surface area (Å²) < 4.78 is 10.7. The van der Waals surface area contributed by atoms with E-state index in [1.54, 1.807) is 26.4 Å². The zero-order valence-electron chi connectivity index (χ0n) is 17.4. The molecule has 1 aliphatic rings. The minimum Gasteiger partial charge on any atom is -0.507 e. The van der Waals surface area contributed by atoms with E-state index < -0.39 is 0 Å². The van der Waals surface area contributed by atoms with Crippen molar-refractivity contribution in [3.8, 4) is 22.6 Å². The minimum atomic E-state index is -0.0616. The Kier molecular flexibility index (Phi) is 5.91. The van der Waals surface area contributed by atoms with Gasteiger partial charge in [-0.2, -0.15) is 0 Å². The molecule has 5 nitrogen and oxygen atoms in total. The molecule has 3 aromatic rings. The van der Waals surface area contributed by atoms with Gasteiger partial charge >= 0.3 is 0 Å². The lowest BCUT2D eigenvalue weighted by Crippen LogP contribution is -2.39. The highest BCUT2D eigenvalue weighted by molar-refractivity contribution is 6.10. The second-order valence-corrected chi connectivity index (χ2v) is 7.77. The van der Waals surface area contributed by atoms with E-state index in [-0.39, 0.29) is 17.7 Å². The van der Waals surface area contributed by atoms with Crippen LogP contribution in [0.1, 0.15) is 36.0 Å². The number of phenols is 1. The molecule has 1 aliphatic carbocycles. The number of fused-ring (bicyclic) bond motifs is 1. The maximum atomic E-state index is 13.1. The predicted molar refractivity (Wildman–Crippen MR) is 118 cm³/mol. The SMILES string of the molecule is COc1ccc(O)c(-c2cccc3c(C(=O)NC4CCC(OC)CC4)cccc23)c1. The third-order valence-corrected chi connectivity index (χ3v) is 6.00. The molecular formula is C25H27NO4. The lowest BCUT2D eigenvalue weighted by Gasteiger charge is -2.28. The van der Waals surface area contributed by atoms with Crippen LogP contribution in [0.15, 0.2) is 54.6 Å². The number of hydrogen-bond acceptors (Lipinski definition) is 4. The molecule has 0 spiro atoms. The number of rotatable bonds is 5. The summed E-state index contributed by atoms with van der Waals surface area (Å²) in [6, 6.07) is 16.9. The van der Waals surface area contributed by atoms with Gasteiger partial charge in [-0.25, -0.2) is 0 Å². The van der Waals surface area contributed by atoms with Crippen molar-refractivity contribution >= 4 is 16.7 Å². The van der Waals surface area contributed by atoms with E-state index in [1.165, 1.54) is 0 Å². The van der Waals surface area contributed by atoms with Crippen molar-refractivity contribution in [2.75, 3.05) is 14.2 Å². The van der Waals surface area contributed by atoms with Crippen molar-refractivity contribution in [1.29, 1.82) is 0 Å². The molecule has 1 fully saturated rings. The molecule has 1 saturated carbocycles. The summed E-state index contributed by atoms with van der Waals surface area (Å²) in [5.41, 5.74) is 2.18. The first-order valence-electron chi connectivity index (χ1n) is 10.3. The van der Waals surface area contributed by atoms with Gasteiger partial charge in [-0.15, -0.1) is 0 Å². The Labute approximate surface area is 176 Å². The molecule has 4 rings (SSSR count). The summed E-state index contributed by atoms with van der Waals surface area (Å²) in [4.78, 5) is 13.1. The highest BCUT2D eigenvalue weighted by Gasteiger charge is 2.23. The first-order chi connectivity index (χ1) is 14.6. The van der Waals surface area contributed by atoms with Crippen molar-refractivity contribution in [2.45, 2.75) is 37.8 Å². The lowest BCUT2D eigenvalue weighted by atomic mass is 9.92. The van der Waals surface area contributed by atoms with Gasteiger partial charge in [0.25, 0.3) is 5.91 Å². The number of nitrogens with one attached hydrogen (secondary N) is 1. The Hall–Kier alpha value is -3.05. The molecule has 0 saturated heterocycles. The monoisotopic (exact) mass is 405 g/mol. The Morgan fingerprint density at radius 2 is 1.67 bits per heavy atom. The van der Waals surface area contributed by atoms with Gasteiger partial charge in [0, 0.05) is 24.3 Å². The first kappa shape index (κ1) is 20.2. The normalized spacial score (nSPS) is 18.9. The number of phenolic OH excluding ortho intramolecular Hbond substituents is 1. The third-order valence-electron chi connectivity index (χ3n) is 6.00. The summed E-state index contributed by atoms with van der Waals surface area (Å²) in [5.74, 6) is 0.780. The second-order valence-electron chi connectivity index (χ2n) is 7.77. The van der Waals surface area contributed by atoms with Gasteiger partial charge in [-0.1, -0.05) is 30.3 Å². The molecular weight excluding hydrogens is 378 g/mol. The summed E-state index contributed by atoms with van der Waals surface area (Å²) in [6.45, 7) is 0. The van der Waals surface area contributed by atoms with Crippen LogP contribution in [-0.2, 0) is 4.74 Å². The number of amides is 1. The van der Waals surface area contributed by atoms with Crippen LogP contribution in [0.5, 0.6) is 11.5 Å². The molecule has 0 aromatic heterocycles. The predicted octanol–water partition coefficient (Wildman–Crippen LogP) is 4.91. The highest BCUT2D eigenvalue weighted by Crippen LogP contribution is 2.37. The molecule has 0 bridgehead atoms. The van der Waals surface area contributed by atoms with Gasteiger partial charge in [0.15, 0.2) is 0 Å². The first-order valence-corrected chi connectivity index (χ1v) is 10.3. The maximum absolute atomic E-state index is 13.1. The molecule has 0 atom stereocenters. The van der Waals surface area contributed by atoms with Crippen LogP contribution in [0.3, 0.4) is 0 Å². The van der Waals surface area contributed by atoms with Crippen LogP contribution in [-0.4, -0.2) is 37.4 Å². The number of aromatic hydroxyl groups is 1. The summed E-state index contributed by atoms with van der Waals surface area (Å²) in [7, 11) is 3.35. The number of methoxy groups -OCH3 is 2. The minimum absolute atomic E-state index is 0.0616. The number of hydrogen-bond donors (Lipinski definition) is 2. The van der Waals surface area contributed by atoms with Gasteiger partial charge in [0.2, 0.25) is 0 Å². The molecule has 2 N–H and O–H groups in total. The summed E-state index contributed by atoms with van der Waals surface area (Å²) >= 11 is 0. The molecule has 156 valence electrons. The van der Waals surface area contributed by atoms with Crippen LogP contribution in [0.4, 0.5) is 0 Å². The number of ether oxygens (including phenoxy) is 2. The van der Waals surface area contributed by atoms with Crippen LogP contribution in [0.25, 0.3) is 21.9 Å². The Morgan fingerprint density at radius 1 is 0.933 bits per heavy atom. The number of carbonyl (C=O) groups is 1. The van der Waals surface area contributed by atoms with E-state index in [0.29, 0.717) is 23.0 Å². The van der Waals surface area contributed by atoms with Gasteiger partial charge in [0.05, 0.1) is 13.2 Å². The standard InChI is InChI=1S/C25H27NO4/c1-29-17-11-9-16(10-12-17)26-25(28)22-8-4-5-19-20(22)6-3-7-21(19)23-15-18(30-2)13-14-24(23)27/h3-8,13-17,27H,9-12H2,1-2H3,(H,26,28). The molecule has 0 unspecified atom stereocenters. The Bertz CT molecular complexity index is 1050. The largest absolute Gasteiger partial charge is 0.507 e. The molecule has 0 heterocycles. The molecule has 1 amide bonds. The van der Waals surface area contributed by atoms with Gasteiger partial charge in [-0.3, -0.25) is 4.79 Å². The van der Waals surface area contributed by atoms with E-state index in [2.05, 4.69) is 5.32 Å². The quantitative estimate of drug-likeness (QED) is 0.633. The Balaban J connectivity index is 1.67. The van der Waals surface area contributed by atoms with Gasteiger partial charge in [-0.05, 0) is 66.3 Å². The van der Waals surface area contributed by atoms with Crippen LogP contribution >= 0.6 is 0 Å². The molecule has 30 heavy (non-hydrogen) atoms. The fourth-order valence-electron chi connectivity index (χ4n) is 4.31.